The van der Waals surface area contributed by atoms with Gasteiger partial charge in [-0.2, -0.15) is 0 Å². The Labute approximate surface area is 279 Å². The van der Waals surface area contributed by atoms with E-state index in [4.69, 9.17) is 9.97 Å². The third-order valence-corrected chi connectivity index (χ3v) is 9.31. The maximum absolute atomic E-state index is 5.05. The maximum Gasteiger partial charge on any atom is 0.0972 e. The van der Waals surface area contributed by atoms with Crippen LogP contribution >= 0.6 is 0 Å². The molecule has 0 unspecified atom stereocenters. The highest BCUT2D eigenvalue weighted by Crippen LogP contribution is 2.41. The molecule has 0 bridgehead atoms. The van der Waals surface area contributed by atoms with Gasteiger partial charge in [0.15, 0.2) is 0 Å². The van der Waals surface area contributed by atoms with Gasteiger partial charge < -0.3 is 0 Å². The summed E-state index contributed by atoms with van der Waals surface area (Å²) in [4.78, 5) is 10.0. The molecule has 2 heterocycles. The Morgan fingerprint density at radius 3 is 1.75 bits per heavy atom. The fourth-order valence-corrected chi connectivity index (χ4v) is 6.96. The van der Waals surface area contributed by atoms with Crippen LogP contribution < -0.4 is 0 Å². The number of hydrogen-bond donors (Lipinski definition) is 0. The summed E-state index contributed by atoms with van der Waals surface area (Å²) in [5.41, 5.74) is 13.4. The lowest BCUT2D eigenvalue weighted by atomic mass is 9.87. The third kappa shape index (κ3) is 4.92. The molecule has 0 amide bonds. The highest BCUT2D eigenvalue weighted by molar-refractivity contribution is 6.05. The van der Waals surface area contributed by atoms with E-state index in [1.165, 1.54) is 44.2 Å². The van der Waals surface area contributed by atoms with E-state index >= 15 is 0 Å². The first-order chi connectivity index (χ1) is 23.8. The van der Waals surface area contributed by atoms with E-state index in [1.54, 1.807) is 0 Å². The summed E-state index contributed by atoms with van der Waals surface area (Å²) in [5, 5.41) is 4.67. The van der Waals surface area contributed by atoms with Gasteiger partial charge in [-0.1, -0.05) is 158 Å². The summed E-state index contributed by atoms with van der Waals surface area (Å²) >= 11 is 0. The average Bonchev–Trinajstić information content (AvgIpc) is 3.17. The lowest BCUT2D eigenvalue weighted by molar-refractivity contribution is 1.37. The fraction of sp³-hybridized carbons (Fsp3) is 0. The second-order valence-electron chi connectivity index (χ2n) is 12.2. The molecule has 224 valence electrons. The van der Waals surface area contributed by atoms with Gasteiger partial charge in [-0.15, -0.1) is 0 Å². The summed E-state index contributed by atoms with van der Waals surface area (Å²) in [6.45, 7) is 0. The second kappa shape index (κ2) is 11.8. The van der Waals surface area contributed by atoms with Crippen LogP contribution in [-0.4, -0.2) is 9.97 Å². The van der Waals surface area contributed by atoms with E-state index in [-0.39, 0.29) is 0 Å². The molecule has 7 aromatic carbocycles. The second-order valence-corrected chi connectivity index (χ2v) is 12.2. The van der Waals surface area contributed by atoms with Crippen LogP contribution in [0.3, 0.4) is 0 Å². The lowest BCUT2D eigenvalue weighted by Crippen LogP contribution is -1.91. The van der Waals surface area contributed by atoms with Crippen molar-refractivity contribution in [3.8, 4) is 55.8 Å². The normalized spacial score (nSPS) is 11.3. The molecular formula is C46H30N2. The zero-order chi connectivity index (χ0) is 31.9. The van der Waals surface area contributed by atoms with Crippen LogP contribution in [-0.2, 0) is 0 Å². The van der Waals surface area contributed by atoms with Crippen molar-refractivity contribution >= 4 is 32.6 Å². The summed E-state index contributed by atoms with van der Waals surface area (Å²) in [7, 11) is 0. The molecule has 48 heavy (non-hydrogen) atoms. The first kappa shape index (κ1) is 27.9. The Kier molecular flexibility index (Phi) is 6.84. The molecule has 0 saturated carbocycles. The monoisotopic (exact) mass is 610 g/mol. The van der Waals surface area contributed by atoms with Gasteiger partial charge in [0.2, 0.25) is 0 Å². The number of fused-ring (bicyclic) bond motifs is 4. The molecule has 0 saturated heterocycles. The van der Waals surface area contributed by atoms with Crippen molar-refractivity contribution in [2.75, 3.05) is 0 Å². The standard InChI is InChI=1S/C46H30N2/c1-2-13-32(14-3-1)44-27-26-33-24-25-36-29-37(30-47-45(36)46(33)48-44)34-16-10-17-35(28-34)39-19-6-7-20-40(39)42-21-8-9-22-43(42)41-23-11-15-31-12-4-5-18-38(31)41/h1-30H. The van der Waals surface area contributed by atoms with Crippen LogP contribution in [0.15, 0.2) is 182 Å². The Balaban J connectivity index is 1.13. The molecule has 9 rings (SSSR count). The Bertz CT molecular complexity index is 2610. The molecule has 0 radical (unpaired) electrons. The van der Waals surface area contributed by atoms with Crippen LogP contribution in [0.2, 0.25) is 0 Å². The van der Waals surface area contributed by atoms with Crippen molar-refractivity contribution in [2.24, 2.45) is 0 Å². The van der Waals surface area contributed by atoms with E-state index in [0.717, 1.165) is 44.2 Å². The van der Waals surface area contributed by atoms with Gasteiger partial charge in [0.1, 0.15) is 0 Å². The van der Waals surface area contributed by atoms with Crippen molar-refractivity contribution in [3.05, 3.63) is 182 Å². The van der Waals surface area contributed by atoms with Crippen LogP contribution in [0.25, 0.3) is 88.3 Å². The van der Waals surface area contributed by atoms with Crippen LogP contribution in [0.4, 0.5) is 0 Å². The van der Waals surface area contributed by atoms with E-state index in [9.17, 15) is 0 Å². The van der Waals surface area contributed by atoms with E-state index in [2.05, 4.69) is 158 Å². The first-order valence-corrected chi connectivity index (χ1v) is 16.3. The lowest BCUT2D eigenvalue weighted by Gasteiger charge is -2.16. The predicted molar refractivity (Wildman–Crippen MR) is 202 cm³/mol. The summed E-state index contributed by atoms with van der Waals surface area (Å²) in [6, 6.07) is 62.6. The summed E-state index contributed by atoms with van der Waals surface area (Å²) < 4.78 is 0. The number of pyridine rings is 2. The predicted octanol–water partition coefficient (Wildman–Crippen LogP) is 12.3. The number of rotatable bonds is 5. The Morgan fingerprint density at radius 2 is 0.896 bits per heavy atom. The fourth-order valence-electron chi connectivity index (χ4n) is 6.96. The number of hydrogen-bond acceptors (Lipinski definition) is 2. The molecule has 0 N–H and O–H groups in total. The first-order valence-electron chi connectivity index (χ1n) is 16.3. The highest BCUT2D eigenvalue weighted by Gasteiger charge is 2.15. The Morgan fingerprint density at radius 1 is 0.312 bits per heavy atom. The zero-order valence-electron chi connectivity index (χ0n) is 26.2. The SMILES string of the molecule is c1ccc(-c2ccc3ccc4cc(-c5cccc(-c6ccccc6-c6ccccc6-c6cccc7ccccc67)c5)cnc4c3n2)cc1. The minimum Gasteiger partial charge on any atom is -0.253 e. The molecule has 0 aliphatic carbocycles. The molecule has 2 heteroatoms. The van der Waals surface area contributed by atoms with Gasteiger partial charge in [0.25, 0.3) is 0 Å². The molecule has 2 nitrogen and oxygen atoms in total. The van der Waals surface area contributed by atoms with Gasteiger partial charge in [-0.25, -0.2) is 4.98 Å². The third-order valence-electron chi connectivity index (χ3n) is 9.31. The van der Waals surface area contributed by atoms with Gasteiger partial charge >= 0.3 is 0 Å². The Hall–Kier alpha value is -6.38. The van der Waals surface area contributed by atoms with Crippen LogP contribution in [0, 0.1) is 0 Å². The molecule has 0 aliphatic heterocycles. The molecule has 0 aliphatic rings. The van der Waals surface area contributed by atoms with Crippen LogP contribution in [0.1, 0.15) is 0 Å². The van der Waals surface area contributed by atoms with Crippen molar-refractivity contribution in [3.63, 3.8) is 0 Å². The molecular weight excluding hydrogens is 581 g/mol. The number of benzene rings is 7. The zero-order valence-corrected chi connectivity index (χ0v) is 26.2. The van der Waals surface area contributed by atoms with E-state index < -0.39 is 0 Å². The van der Waals surface area contributed by atoms with Crippen molar-refractivity contribution in [1.29, 1.82) is 0 Å². The number of aromatic nitrogens is 2. The quantitative estimate of drug-likeness (QED) is 0.181. The van der Waals surface area contributed by atoms with E-state index in [1.807, 2.05) is 24.4 Å². The summed E-state index contributed by atoms with van der Waals surface area (Å²) in [6.07, 6.45) is 1.99. The van der Waals surface area contributed by atoms with Gasteiger partial charge in [0.05, 0.1) is 16.7 Å². The smallest absolute Gasteiger partial charge is 0.0972 e. The topological polar surface area (TPSA) is 25.8 Å². The van der Waals surface area contributed by atoms with Crippen LogP contribution in [0.5, 0.6) is 0 Å². The number of nitrogens with zero attached hydrogens (tertiary/aromatic N) is 2. The minimum atomic E-state index is 0.917. The molecule has 2 aromatic heterocycles. The molecule has 0 spiro atoms. The van der Waals surface area contributed by atoms with E-state index in [0.29, 0.717) is 0 Å². The largest absolute Gasteiger partial charge is 0.253 e. The molecule has 9 aromatic rings. The maximum atomic E-state index is 5.05. The van der Waals surface area contributed by atoms with Gasteiger partial charge in [-0.3, -0.25) is 4.98 Å². The van der Waals surface area contributed by atoms with Gasteiger partial charge in [-0.05, 0) is 67.9 Å². The van der Waals surface area contributed by atoms with Crippen molar-refractivity contribution in [2.45, 2.75) is 0 Å². The summed E-state index contributed by atoms with van der Waals surface area (Å²) in [5.74, 6) is 0. The molecule has 0 atom stereocenters. The van der Waals surface area contributed by atoms with Crippen molar-refractivity contribution in [1.82, 2.24) is 9.97 Å². The minimum absolute atomic E-state index is 0.917. The average molecular weight is 611 g/mol. The van der Waals surface area contributed by atoms with Gasteiger partial charge in [0, 0.05) is 28.1 Å². The van der Waals surface area contributed by atoms with Crippen molar-refractivity contribution < 1.29 is 0 Å². The molecule has 0 fully saturated rings. The highest BCUT2D eigenvalue weighted by atomic mass is 14.8.